The number of nitriles is 1. The molecule has 0 atom stereocenters. The van der Waals surface area contributed by atoms with Crippen LogP contribution in [0.25, 0.3) is 0 Å². The Morgan fingerprint density at radius 2 is 2.08 bits per heavy atom. The Labute approximate surface area is 70.6 Å². The number of nitrogens with zero attached hydrogens (tertiary/aromatic N) is 3. The molecule has 0 amide bonds. The summed E-state index contributed by atoms with van der Waals surface area (Å²) >= 11 is 0. The van der Waals surface area contributed by atoms with Crippen LogP contribution < -0.4 is 5.62 Å². The molecular weight excluding hydrogens is 152 g/mol. The van der Waals surface area contributed by atoms with Gasteiger partial charge in [-0.15, -0.1) is 0 Å². The molecule has 0 spiro atoms. The molecule has 1 heterocycles. The minimum atomic E-state index is 0.184. The lowest BCUT2D eigenvalue weighted by atomic mass is 10.2. The lowest BCUT2D eigenvalue weighted by molar-refractivity contribution is 0.721. The molecule has 1 aromatic rings. The molecule has 0 saturated heterocycles. The van der Waals surface area contributed by atoms with Gasteiger partial charge in [-0.05, 0) is 13.8 Å². The fraction of sp³-hybridized carbons (Fsp3) is 0.375. The van der Waals surface area contributed by atoms with E-state index in [-0.39, 0.29) is 5.62 Å². The topological polar surface area (TPSA) is 65.5 Å². The largest absolute Gasteiger partial charge is 0.317 e. The van der Waals surface area contributed by atoms with Gasteiger partial charge in [-0.25, -0.2) is 4.98 Å². The lowest BCUT2D eigenvalue weighted by Crippen LogP contribution is -2.24. The van der Waals surface area contributed by atoms with Crippen LogP contribution >= 0.6 is 0 Å². The van der Waals surface area contributed by atoms with Gasteiger partial charge in [0.05, 0.1) is 11.3 Å². The van der Waals surface area contributed by atoms with E-state index in [1.54, 1.807) is 18.5 Å². The number of aromatic nitrogens is 2. The van der Waals surface area contributed by atoms with E-state index in [1.807, 2.05) is 6.92 Å². The molecule has 0 bridgehead atoms. The van der Waals surface area contributed by atoms with Crippen molar-refractivity contribution in [3.63, 3.8) is 0 Å². The van der Waals surface area contributed by atoms with Crippen molar-refractivity contribution in [3.8, 4) is 6.07 Å². The molecule has 0 radical (unpaired) electrons. The summed E-state index contributed by atoms with van der Waals surface area (Å²) in [5, 5.41) is 16.2. The molecule has 0 fully saturated rings. The van der Waals surface area contributed by atoms with Gasteiger partial charge in [0.2, 0.25) is 5.62 Å². The minimum Gasteiger partial charge on any atom is -0.317 e. The van der Waals surface area contributed by atoms with Gasteiger partial charge in [0.1, 0.15) is 6.07 Å². The Kier molecular flexibility index (Phi) is 1.96. The summed E-state index contributed by atoms with van der Waals surface area (Å²) in [6.07, 6.45) is 0. The number of rotatable bonds is 0. The van der Waals surface area contributed by atoms with Crippen LogP contribution in [-0.2, 0) is 7.05 Å². The van der Waals surface area contributed by atoms with E-state index in [9.17, 15) is 0 Å². The van der Waals surface area contributed by atoms with E-state index < -0.39 is 0 Å². The molecule has 1 aromatic heterocycles. The molecule has 0 saturated carbocycles. The van der Waals surface area contributed by atoms with Gasteiger partial charge in [-0.1, -0.05) is 0 Å². The van der Waals surface area contributed by atoms with Gasteiger partial charge >= 0.3 is 0 Å². The summed E-state index contributed by atoms with van der Waals surface area (Å²) in [5.41, 5.74) is 2.16. The quantitative estimate of drug-likeness (QED) is 0.599. The van der Waals surface area contributed by atoms with Crippen LogP contribution in [0.15, 0.2) is 0 Å². The predicted octanol–water partition coefficient (Wildman–Crippen LogP) is 0.388. The van der Waals surface area contributed by atoms with Gasteiger partial charge in [0, 0.05) is 12.7 Å². The van der Waals surface area contributed by atoms with E-state index >= 15 is 0 Å². The molecule has 4 nitrogen and oxygen atoms in total. The van der Waals surface area contributed by atoms with Gasteiger partial charge in [0.25, 0.3) is 0 Å². The van der Waals surface area contributed by atoms with E-state index in [2.05, 4.69) is 11.1 Å². The fourth-order valence-electron chi connectivity index (χ4n) is 1.04. The monoisotopic (exact) mass is 162 g/mol. The molecule has 0 unspecified atom stereocenters. The summed E-state index contributed by atoms with van der Waals surface area (Å²) < 4.78 is 1.59. The van der Waals surface area contributed by atoms with E-state index in [0.29, 0.717) is 11.3 Å². The zero-order chi connectivity index (χ0) is 9.30. The van der Waals surface area contributed by atoms with Crippen molar-refractivity contribution in [1.29, 1.82) is 10.7 Å². The van der Waals surface area contributed by atoms with Crippen LogP contribution in [0.1, 0.15) is 17.0 Å². The molecule has 0 aliphatic heterocycles. The highest BCUT2D eigenvalue weighted by molar-refractivity contribution is 5.35. The average molecular weight is 162 g/mol. The van der Waals surface area contributed by atoms with Crippen LogP contribution in [-0.4, -0.2) is 9.55 Å². The van der Waals surface area contributed by atoms with Crippen molar-refractivity contribution in [3.05, 3.63) is 22.6 Å². The smallest absolute Gasteiger partial charge is 0.222 e. The summed E-state index contributed by atoms with van der Waals surface area (Å²) in [5.74, 6) is 0. The highest BCUT2D eigenvalue weighted by atomic mass is 15.0. The van der Waals surface area contributed by atoms with Crippen molar-refractivity contribution in [1.82, 2.24) is 9.55 Å². The summed E-state index contributed by atoms with van der Waals surface area (Å²) in [6, 6.07) is 2.06. The second kappa shape index (κ2) is 2.78. The second-order valence-electron chi connectivity index (χ2n) is 2.65. The van der Waals surface area contributed by atoms with Crippen molar-refractivity contribution in [2.45, 2.75) is 13.8 Å². The highest BCUT2D eigenvalue weighted by Crippen LogP contribution is 2.05. The van der Waals surface area contributed by atoms with E-state index in [4.69, 9.17) is 10.7 Å². The normalized spacial score (nSPS) is 9.50. The molecule has 12 heavy (non-hydrogen) atoms. The zero-order valence-corrected chi connectivity index (χ0v) is 7.34. The van der Waals surface area contributed by atoms with Crippen molar-refractivity contribution < 1.29 is 0 Å². The Morgan fingerprint density at radius 3 is 2.58 bits per heavy atom. The molecule has 0 aliphatic carbocycles. The SMILES string of the molecule is Cc1nc(=N)n(C)c(C)c1C#N. The van der Waals surface area contributed by atoms with Crippen LogP contribution in [0, 0.1) is 30.6 Å². The van der Waals surface area contributed by atoms with Gasteiger partial charge in [0.15, 0.2) is 0 Å². The summed E-state index contributed by atoms with van der Waals surface area (Å²) in [7, 11) is 1.73. The van der Waals surface area contributed by atoms with E-state index in [1.165, 1.54) is 0 Å². The van der Waals surface area contributed by atoms with Gasteiger partial charge < -0.3 is 4.57 Å². The third kappa shape index (κ3) is 1.10. The standard InChI is InChI=1S/C8H10N4/c1-5-7(4-9)6(2)12(3)8(10)11-5/h10H,1-3H3. The first-order valence-electron chi connectivity index (χ1n) is 3.57. The molecule has 62 valence electrons. The first-order valence-corrected chi connectivity index (χ1v) is 3.57. The number of hydrogen-bond acceptors (Lipinski definition) is 3. The minimum absolute atomic E-state index is 0.184. The number of hydrogen-bond donors (Lipinski definition) is 1. The second-order valence-corrected chi connectivity index (χ2v) is 2.65. The van der Waals surface area contributed by atoms with Crippen molar-refractivity contribution in [2.75, 3.05) is 0 Å². The summed E-state index contributed by atoms with van der Waals surface area (Å²) in [6.45, 7) is 3.55. The maximum absolute atomic E-state index is 8.75. The van der Waals surface area contributed by atoms with Crippen LogP contribution in [0.5, 0.6) is 0 Å². The van der Waals surface area contributed by atoms with Crippen molar-refractivity contribution >= 4 is 0 Å². The maximum Gasteiger partial charge on any atom is 0.222 e. The molecule has 1 rings (SSSR count). The fourth-order valence-corrected chi connectivity index (χ4v) is 1.04. The third-order valence-corrected chi connectivity index (χ3v) is 1.93. The highest BCUT2D eigenvalue weighted by Gasteiger charge is 2.05. The Morgan fingerprint density at radius 1 is 1.50 bits per heavy atom. The number of nitrogens with one attached hydrogen (secondary N) is 1. The van der Waals surface area contributed by atoms with Gasteiger partial charge in [-0.3, -0.25) is 5.41 Å². The Balaban J connectivity index is 3.66. The Hall–Kier alpha value is -1.63. The average Bonchev–Trinajstić information content (AvgIpc) is 2.01. The molecular formula is C8H10N4. The van der Waals surface area contributed by atoms with Crippen LogP contribution in [0.2, 0.25) is 0 Å². The lowest BCUT2D eigenvalue weighted by Gasteiger charge is -2.06. The van der Waals surface area contributed by atoms with E-state index in [0.717, 1.165) is 5.69 Å². The Bertz CT molecular complexity index is 408. The van der Waals surface area contributed by atoms with Crippen LogP contribution in [0.3, 0.4) is 0 Å². The first kappa shape index (κ1) is 8.47. The maximum atomic E-state index is 8.75. The van der Waals surface area contributed by atoms with Crippen molar-refractivity contribution in [2.24, 2.45) is 7.05 Å². The first-order chi connectivity index (χ1) is 5.57. The number of aryl methyl sites for hydroxylation is 1. The predicted molar refractivity (Wildman–Crippen MR) is 43.3 cm³/mol. The summed E-state index contributed by atoms with van der Waals surface area (Å²) in [4.78, 5) is 3.91. The molecule has 1 N–H and O–H groups in total. The third-order valence-electron chi connectivity index (χ3n) is 1.93. The molecule has 0 aliphatic rings. The zero-order valence-electron chi connectivity index (χ0n) is 7.34. The molecule has 4 heteroatoms. The molecule has 0 aromatic carbocycles. The van der Waals surface area contributed by atoms with Crippen LogP contribution in [0.4, 0.5) is 0 Å². The van der Waals surface area contributed by atoms with Gasteiger partial charge in [-0.2, -0.15) is 5.26 Å².